The summed E-state index contributed by atoms with van der Waals surface area (Å²) in [5.41, 5.74) is 9.45. The van der Waals surface area contributed by atoms with Crippen molar-refractivity contribution in [3.8, 4) is 0 Å². The Hall–Kier alpha value is -3.11. The molecule has 4 nitrogen and oxygen atoms in total. The molecular formula is C35H49N3O. The van der Waals surface area contributed by atoms with Crippen molar-refractivity contribution < 1.29 is 4.79 Å². The zero-order chi connectivity index (χ0) is 29.0. The maximum atomic E-state index is 12.9. The first-order chi connectivity index (χ1) is 18.1. The molecule has 0 aliphatic heterocycles. The van der Waals surface area contributed by atoms with Gasteiger partial charge in [0.25, 0.3) is 0 Å². The van der Waals surface area contributed by atoms with Crippen molar-refractivity contribution in [3.63, 3.8) is 0 Å². The smallest absolute Gasteiger partial charge is 0.309 e. The van der Waals surface area contributed by atoms with Gasteiger partial charge in [-0.2, -0.15) is 0 Å². The Bertz CT molecular complexity index is 1200. The second-order valence-corrected chi connectivity index (χ2v) is 13.4. The maximum absolute atomic E-state index is 12.9. The molecule has 0 spiro atoms. The topological polar surface area (TPSA) is 53.2 Å². The zero-order valence-electron chi connectivity index (χ0n) is 25.8. The minimum Gasteiger partial charge on any atom is -0.309 e. The average Bonchev–Trinajstić information content (AvgIpc) is 2.83. The van der Waals surface area contributed by atoms with Gasteiger partial charge in [-0.3, -0.25) is 0 Å². The third-order valence-corrected chi connectivity index (χ3v) is 7.21. The molecule has 0 aliphatic carbocycles. The minimum atomic E-state index is -0.218. The second kappa shape index (κ2) is 12.4. The van der Waals surface area contributed by atoms with Crippen LogP contribution in [0.5, 0.6) is 0 Å². The Morgan fingerprint density at radius 3 is 1.62 bits per heavy atom. The van der Waals surface area contributed by atoms with Gasteiger partial charge in [-0.15, -0.1) is 0 Å². The van der Waals surface area contributed by atoms with Crippen LogP contribution in [0.25, 0.3) is 0 Å². The summed E-state index contributed by atoms with van der Waals surface area (Å²) in [5.74, 6) is 0.642. The number of amides is 2. The van der Waals surface area contributed by atoms with E-state index in [2.05, 4.69) is 134 Å². The predicted molar refractivity (Wildman–Crippen MR) is 168 cm³/mol. The van der Waals surface area contributed by atoms with Gasteiger partial charge in [0.2, 0.25) is 0 Å². The Labute approximate surface area is 237 Å². The van der Waals surface area contributed by atoms with Gasteiger partial charge < -0.3 is 16.0 Å². The van der Waals surface area contributed by atoms with Gasteiger partial charge in [0.05, 0.1) is 0 Å². The number of carbonyl (C=O) groups excluding carboxylic acids is 1. The van der Waals surface area contributed by atoms with Gasteiger partial charge in [0, 0.05) is 24.5 Å². The van der Waals surface area contributed by atoms with E-state index in [1.54, 1.807) is 0 Å². The SMILES string of the molecule is CC(C)c1cccc(C(C)C)c1NC(=O)Nc1ccc(CNCc2cc(C(C)(C)C)cc(C(C)(C)C)c2)cc1. The van der Waals surface area contributed by atoms with Gasteiger partial charge in [-0.1, -0.05) is 118 Å². The Morgan fingerprint density at radius 1 is 0.667 bits per heavy atom. The number of para-hydroxylation sites is 1. The molecule has 0 radical (unpaired) electrons. The third kappa shape index (κ3) is 8.44. The first-order valence-corrected chi connectivity index (χ1v) is 14.3. The van der Waals surface area contributed by atoms with Crippen LogP contribution in [-0.2, 0) is 23.9 Å². The van der Waals surface area contributed by atoms with Crippen molar-refractivity contribution in [1.29, 1.82) is 0 Å². The number of hydrogen-bond acceptors (Lipinski definition) is 2. The number of hydrogen-bond donors (Lipinski definition) is 3. The van der Waals surface area contributed by atoms with Crippen LogP contribution in [0.1, 0.15) is 114 Å². The summed E-state index contributed by atoms with van der Waals surface area (Å²) in [6.45, 7) is 23.8. The van der Waals surface area contributed by atoms with Gasteiger partial charge >= 0.3 is 6.03 Å². The van der Waals surface area contributed by atoms with E-state index in [4.69, 9.17) is 0 Å². The molecule has 0 saturated carbocycles. The molecule has 4 heteroatoms. The van der Waals surface area contributed by atoms with Crippen LogP contribution in [0, 0.1) is 0 Å². The Balaban J connectivity index is 1.63. The maximum Gasteiger partial charge on any atom is 0.323 e. The number of benzene rings is 3. The lowest BCUT2D eigenvalue weighted by molar-refractivity contribution is 0.262. The molecule has 2 amide bonds. The van der Waals surface area contributed by atoms with Crippen molar-refractivity contribution in [2.24, 2.45) is 0 Å². The lowest BCUT2D eigenvalue weighted by atomic mass is 9.79. The van der Waals surface area contributed by atoms with E-state index in [1.807, 2.05) is 12.1 Å². The van der Waals surface area contributed by atoms with Crippen molar-refractivity contribution in [1.82, 2.24) is 5.32 Å². The van der Waals surface area contributed by atoms with Gasteiger partial charge in [0.1, 0.15) is 0 Å². The third-order valence-electron chi connectivity index (χ3n) is 7.21. The monoisotopic (exact) mass is 527 g/mol. The molecule has 3 aromatic carbocycles. The van der Waals surface area contributed by atoms with Crippen LogP contribution in [0.15, 0.2) is 60.7 Å². The summed E-state index contributed by atoms with van der Waals surface area (Å²) in [4.78, 5) is 12.9. The van der Waals surface area contributed by atoms with Crippen molar-refractivity contribution >= 4 is 17.4 Å². The standard InChI is InChI=1S/C35H49N3O/c1-23(2)30-12-11-13-31(24(3)4)32(30)38-33(39)37-29-16-14-25(15-17-29)21-36-22-26-18-27(34(5,6)7)20-28(19-26)35(8,9)10/h11-20,23-24,36H,21-22H2,1-10H3,(H2,37,38,39). The highest BCUT2D eigenvalue weighted by Gasteiger charge is 2.20. The molecule has 0 unspecified atom stereocenters. The molecule has 0 saturated heterocycles. The molecule has 0 heterocycles. The summed E-state index contributed by atoms with van der Waals surface area (Å²) in [6, 6.07) is 21.1. The summed E-state index contributed by atoms with van der Waals surface area (Å²) < 4.78 is 0. The quantitative estimate of drug-likeness (QED) is 0.273. The van der Waals surface area contributed by atoms with E-state index in [9.17, 15) is 4.79 Å². The molecule has 0 aromatic heterocycles. The fourth-order valence-corrected chi connectivity index (χ4v) is 4.69. The van der Waals surface area contributed by atoms with Crippen LogP contribution in [0.2, 0.25) is 0 Å². The zero-order valence-corrected chi connectivity index (χ0v) is 25.8. The first kappa shape index (κ1) is 30.4. The highest BCUT2D eigenvalue weighted by Crippen LogP contribution is 2.33. The van der Waals surface area contributed by atoms with Gasteiger partial charge in [-0.05, 0) is 68.2 Å². The minimum absolute atomic E-state index is 0.109. The molecule has 3 N–H and O–H groups in total. The molecule has 0 atom stereocenters. The van der Waals surface area contributed by atoms with E-state index in [1.165, 1.54) is 22.3 Å². The highest BCUT2D eigenvalue weighted by molar-refractivity contribution is 6.00. The number of rotatable bonds is 8. The second-order valence-electron chi connectivity index (χ2n) is 13.4. The summed E-state index contributed by atoms with van der Waals surface area (Å²) >= 11 is 0. The average molecular weight is 528 g/mol. The van der Waals surface area contributed by atoms with E-state index in [0.717, 1.165) is 35.6 Å². The van der Waals surface area contributed by atoms with Crippen LogP contribution >= 0.6 is 0 Å². The Kier molecular flexibility index (Phi) is 9.66. The molecular weight excluding hydrogens is 478 g/mol. The normalized spacial score (nSPS) is 12.2. The predicted octanol–water partition coefficient (Wildman–Crippen LogP) is 9.46. The van der Waals surface area contributed by atoms with Crippen LogP contribution in [-0.4, -0.2) is 6.03 Å². The summed E-state index contributed by atoms with van der Waals surface area (Å²) in [5, 5.41) is 9.73. The molecule has 39 heavy (non-hydrogen) atoms. The first-order valence-electron chi connectivity index (χ1n) is 14.3. The molecule has 0 bridgehead atoms. The van der Waals surface area contributed by atoms with Gasteiger partial charge in [0.15, 0.2) is 0 Å². The number of anilines is 2. The number of carbonyl (C=O) groups is 1. The van der Waals surface area contributed by atoms with E-state index in [0.29, 0.717) is 11.8 Å². The van der Waals surface area contributed by atoms with E-state index >= 15 is 0 Å². The van der Waals surface area contributed by atoms with Crippen molar-refractivity contribution in [3.05, 3.63) is 94.0 Å². The van der Waals surface area contributed by atoms with Crippen molar-refractivity contribution in [2.75, 3.05) is 10.6 Å². The van der Waals surface area contributed by atoms with Crippen LogP contribution in [0.4, 0.5) is 16.2 Å². The fourth-order valence-electron chi connectivity index (χ4n) is 4.69. The lowest BCUT2D eigenvalue weighted by Crippen LogP contribution is -2.22. The number of urea groups is 1. The summed E-state index contributed by atoms with van der Waals surface area (Å²) in [7, 11) is 0. The molecule has 0 fully saturated rings. The summed E-state index contributed by atoms with van der Waals surface area (Å²) in [6.07, 6.45) is 0. The molecule has 210 valence electrons. The van der Waals surface area contributed by atoms with Crippen molar-refractivity contribution in [2.45, 2.75) is 105 Å². The fraction of sp³-hybridized carbons (Fsp3) is 0.457. The molecule has 3 rings (SSSR count). The van der Waals surface area contributed by atoms with E-state index in [-0.39, 0.29) is 16.9 Å². The van der Waals surface area contributed by atoms with Gasteiger partial charge in [-0.25, -0.2) is 4.79 Å². The molecule has 3 aromatic rings. The van der Waals surface area contributed by atoms with E-state index < -0.39 is 0 Å². The Morgan fingerprint density at radius 2 is 1.15 bits per heavy atom. The van der Waals surface area contributed by atoms with Crippen LogP contribution < -0.4 is 16.0 Å². The number of nitrogens with one attached hydrogen (secondary N) is 3. The largest absolute Gasteiger partial charge is 0.323 e. The molecule has 0 aliphatic rings. The lowest BCUT2D eigenvalue weighted by Gasteiger charge is -2.26. The van der Waals surface area contributed by atoms with Crippen LogP contribution in [0.3, 0.4) is 0 Å². The highest BCUT2D eigenvalue weighted by atomic mass is 16.2.